The maximum absolute atomic E-state index is 13.5. The van der Waals surface area contributed by atoms with Crippen LogP contribution in [0.2, 0.25) is 0 Å². The van der Waals surface area contributed by atoms with E-state index in [4.69, 9.17) is 0 Å². The number of rotatable bonds is 5. The van der Waals surface area contributed by atoms with Crippen molar-refractivity contribution in [2.75, 3.05) is 11.9 Å². The zero-order valence-corrected chi connectivity index (χ0v) is 20.2. The average molecular weight is 475 g/mol. The van der Waals surface area contributed by atoms with Crippen LogP contribution in [0, 0.1) is 5.41 Å². The molecule has 1 saturated heterocycles. The van der Waals surface area contributed by atoms with Crippen LogP contribution >= 0.6 is 0 Å². The van der Waals surface area contributed by atoms with Crippen LogP contribution in [0.15, 0.2) is 59.8 Å². The monoisotopic (exact) mass is 474 g/mol. The fraction of sp³-hybridized carbons (Fsp3) is 0.385. The number of hydrogen-bond donors (Lipinski definition) is 2. The first-order valence-corrected chi connectivity index (χ1v) is 11.9. The minimum Gasteiger partial charge on any atom is -0.465 e. The average Bonchev–Trinajstić information content (AvgIpc) is 3.42. The van der Waals surface area contributed by atoms with E-state index < -0.39 is 6.09 Å². The second kappa shape index (κ2) is 8.72. The predicted octanol–water partition coefficient (Wildman–Crippen LogP) is 3.87. The summed E-state index contributed by atoms with van der Waals surface area (Å²) in [4.78, 5) is 31.5. The van der Waals surface area contributed by atoms with E-state index in [2.05, 4.69) is 15.4 Å². The molecule has 9 heteroatoms. The smallest absolute Gasteiger partial charge is 0.407 e. The van der Waals surface area contributed by atoms with Gasteiger partial charge < -0.3 is 19.7 Å². The van der Waals surface area contributed by atoms with Gasteiger partial charge in [-0.25, -0.2) is 14.5 Å². The second-order valence-electron chi connectivity index (χ2n) is 10.2. The third-order valence-corrected chi connectivity index (χ3v) is 6.75. The molecule has 9 nitrogen and oxygen atoms in total. The molecule has 4 heterocycles. The number of imidazole rings is 1. The van der Waals surface area contributed by atoms with Crippen molar-refractivity contribution in [2.24, 2.45) is 5.41 Å². The fourth-order valence-corrected chi connectivity index (χ4v) is 5.27. The molecule has 35 heavy (non-hydrogen) atoms. The highest BCUT2D eigenvalue weighted by atomic mass is 16.4. The van der Waals surface area contributed by atoms with Gasteiger partial charge in [-0.3, -0.25) is 4.79 Å². The standard InChI is InChI=1S/C26H30N6O3/c1-26(2,3)23-20(11-13-31(23)25(34)35)29-19-8-6-7-17-15-27-32(24(33)22(17)19)14-10-18-16-30-12-5-4-9-21(30)28-18/h4-9,12,15-16,20,23,29H,10-11,13-14H2,1-3H3,(H,34,35)/t20-,23?/m1/s1. The molecule has 1 aliphatic rings. The van der Waals surface area contributed by atoms with Crippen molar-refractivity contribution in [3.8, 4) is 0 Å². The van der Waals surface area contributed by atoms with Gasteiger partial charge in [0.1, 0.15) is 5.65 Å². The van der Waals surface area contributed by atoms with Gasteiger partial charge in [0.05, 0.1) is 29.9 Å². The number of nitrogens with zero attached hydrogens (tertiary/aromatic N) is 5. The summed E-state index contributed by atoms with van der Waals surface area (Å²) in [5.74, 6) is 0. The normalized spacial score (nSPS) is 18.4. The number of pyridine rings is 1. The molecule has 0 spiro atoms. The van der Waals surface area contributed by atoms with E-state index >= 15 is 0 Å². The SMILES string of the molecule is CC(C)(C)C1[C@H](Nc2cccc3cnn(CCc4cn5ccccc5n4)c(=O)c23)CCN1C(=O)O. The number of benzene rings is 1. The molecular weight excluding hydrogens is 444 g/mol. The molecule has 1 unspecified atom stereocenters. The summed E-state index contributed by atoms with van der Waals surface area (Å²) in [6, 6.07) is 11.2. The van der Waals surface area contributed by atoms with Crippen LogP contribution in [-0.4, -0.2) is 53.9 Å². The quantitative estimate of drug-likeness (QED) is 0.455. The molecule has 4 aromatic rings. The number of fused-ring (bicyclic) bond motifs is 2. The number of amides is 1. The van der Waals surface area contributed by atoms with E-state index in [0.29, 0.717) is 37.0 Å². The Morgan fingerprint density at radius 3 is 2.77 bits per heavy atom. The molecule has 2 atom stereocenters. The molecule has 1 aliphatic heterocycles. The first-order valence-electron chi connectivity index (χ1n) is 11.9. The molecule has 0 saturated carbocycles. The number of nitrogens with one attached hydrogen (secondary N) is 1. The van der Waals surface area contributed by atoms with Gasteiger partial charge in [0.15, 0.2) is 0 Å². The molecule has 1 amide bonds. The van der Waals surface area contributed by atoms with Crippen LogP contribution in [0.3, 0.4) is 0 Å². The van der Waals surface area contributed by atoms with Gasteiger partial charge in [-0.15, -0.1) is 0 Å². The van der Waals surface area contributed by atoms with Crippen LogP contribution in [0.1, 0.15) is 32.9 Å². The first kappa shape index (κ1) is 22.9. The van der Waals surface area contributed by atoms with Gasteiger partial charge in [0, 0.05) is 42.5 Å². The van der Waals surface area contributed by atoms with Gasteiger partial charge in [-0.2, -0.15) is 5.10 Å². The Hall–Kier alpha value is -3.88. The van der Waals surface area contributed by atoms with Crippen LogP contribution in [0.25, 0.3) is 16.4 Å². The van der Waals surface area contributed by atoms with Crippen molar-refractivity contribution in [3.05, 3.63) is 71.0 Å². The minimum absolute atomic E-state index is 0.101. The van der Waals surface area contributed by atoms with Gasteiger partial charge >= 0.3 is 6.09 Å². The van der Waals surface area contributed by atoms with E-state index in [1.165, 1.54) is 9.58 Å². The van der Waals surface area contributed by atoms with Crippen LogP contribution < -0.4 is 10.9 Å². The summed E-state index contributed by atoms with van der Waals surface area (Å²) >= 11 is 0. The Balaban J connectivity index is 1.44. The van der Waals surface area contributed by atoms with Crippen molar-refractivity contribution < 1.29 is 9.90 Å². The highest BCUT2D eigenvalue weighted by molar-refractivity contribution is 5.92. The summed E-state index contributed by atoms with van der Waals surface area (Å²) < 4.78 is 3.44. The lowest BCUT2D eigenvalue weighted by Crippen LogP contribution is -2.49. The van der Waals surface area contributed by atoms with Crippen LogP contribution in [0.4, 0.5) is 10.5 Å². The molecule has 1 aromatic carbocycles. The van der Waals surface area contributed by atoms with E-state index in [1.807, 2.05) is 74.0 Å². The number of hydrogen-bond acceptors (Lipinski definition) is 5. The Morgan fingerprint density at radius 2 is 2.03 bits per heavy atom. The maximum Gasteiger partial charge on any atom is 0.407 e. The zero-order chi connectivity index (χ0) is 24.7. The van der Waals surface area contributed by atoms with Crippen molar-refractivity contribution in [3.63, 3.8) is 0 Å². The molecule has 0 aliphatic carbocycles. The van der Waals surface area contributed by atoms with Crippen molar-refractivity contribution in [2.45, 2.75) is 52.2 Å². The summed E-state index contributed by atoms with van der Waals surface area (Å²) in [6.07, 6.45) is 5.98. The molecule has 3 aromatic heterocycles. The number of likely N-dealkylation sites (tertiary alicyclic amines) is 1. The maximum atomic E-state index is 13.5. The summed E-state index contributed by atoms with van der Waals surface area (Å²) in [5, 5.41) is 19.0. The topological polar surface area (TPSA) is 105 Å². The Labute approximate surface area is 203 Å². The third kappa shape index (κ3) is 4.34. The van der Waals surface area contributed by atoms with Crippen LogP contribution in [-0.2, 0) is 13.0 Å². The van der Waals surface area contributed by atoms with E-state index in [1.54, 1.807) is 6.20 Å². The van der Waals surface area contributed by atoms with Gasteiger partial charge in [-0.05, 0) is 30.0 Å². The number of carboxylic acid groups (broad SMARTS) is 1. The summed E-state index contributed by atoms with van der Waals surface area (Å²) in [6.45, 7) is 7.02. The molecule has 1 fully saturated rings. The largest absolute Gasteiger partial charge is 0.465 e. The number of aromatic nitrogens is 4. The lowest BCUT2D eigenvalue weighted by Gasteiger charge is -2.37. The zero-order valence-electron chi connectivity index (χ0n) is 20.2. The molecular formula is C26H30N6O3. The van der Waals surface area contributed by atoms with E-state index in [0.717, 1.165) is 16.7 Å². The Kier molecular flexibility index (Phi) is 5.70. The predicted molar refractivity (Wildman–Crippen MR) is 135 cm³/mol. The molecule has 5 rings (SSSR count). The van der Waals surface area contributed by atoms with Gasteiger partial charge in [-0.1, -0.05) is 39.0 Å². The summed E-state index contributed by atoms with van der Waals surface area (Å²) in [5.41, 5.74) is 2.04. The number of anilines is 1. The lowest BCUT2D eigenvalue weighted by molar-refractivity contribution is 0.104. The summed E-state index contributed by atoms with van der Waals surface area (Å²) in [7, 11) is 0. The molecule has 0 radical (unpaired) electrons. The van der Waals surface area contributed by atoms with Gasteiger partial charge in [0.2, 0.25) is 0 Å². The number of carbonyl (C=O) groups is 1. The highest BCUT2D eigenvalue weighted by Crippen LogP contribution is 2.35. The molecule has 182 valence electrons. The third-order valence-electron chi connectivity index (χ3n) is 6.75. The minimum atomic E-state index is -0.911. The van der Waals surface area contributed by atoms with Gasteiger partial charge in [0.25, 0.3) is 5.56 Å². The van der Waals surface area contributed by atoms with E-state index in [-0.39, 0.29) is 23.1 Å². The van der Waals surface area contributed by atoms with E-state index in [9.17, 15) is 14.7 Å². The van der Waals surface area contributed by atoms with Crippen LogP contribution in [0.5, 0.6) is 0 Å². The van der Waals surface area contributed by atoms with Crippen molar-refractivity contribution in [1.29, 1.82) is 0 Å². The molecule has 2 N–H and O–H groups in total. The van der Waals surface area contributed by atoms with Crippen molar-refractivity contribution in [1.82, 2.24) is 24.1 Å². The molecule has 0 bridgehead atoms. The highest BCUT2D eigenvalue weighted by Gasteiger charge is 2.44. The number of aryl methyl sites for hydroxylation is 2. The Morgan fingerprint density at radius 1 is 1.20 bits per heavy atom. The van der Waals surface area contributed by atoms with Crippen molar-refractivity contribution >= 4 is 28.2 Å². The first-order chi connectivity index (χ1) is 16.7. The lowest BCUT2D eigenvalue weighted by atomic mass is 9.82. The fourth-order valence-electron chi connectivity index (χ4n) is 5.27. The second-order valence-corrected chi connectivity index (χ2v) is 10.2. The Bertz CT molecular complexity index is 1420.